The average Bonchev–Trinajstić information content (AvgIpc) is 2.11. The molecular formula is C5H2F4S. The molecule has 0 aliphatic rings. The Morgan fingerprint density at radius 1 is 1.20 bits per heavy atom. The van der Waals surface area contributed by atoms with Gasteiger partial charge in [0.2, 0.25) is 0 Å². The van der Waals surface area contributed by atoms with Crippen molar-refractivity contribution in [3.05, 3.63) is 22.1 Å². The van der Waals surface area contributed by atoms with Crippen molar-refractivity contribution < 1.29 is 17.6 Å². The first-order chi connectivity index (χ1) is 4.50. The maximum absolute atomic E-state index is 12.0. The van der Waals surface area contributed by atoms with Crippen LogP contribution in [-0.2, 0) is 6.18 Å². The number of hydrogen-bond donors (Lipinski definition) is 0. The van der Waals surface area contributed by atoms with Crippen LogP contribution in [0.25, 0.3) is 0 Å². The molecule has 0 atom stereocenters. The van der Waals surface area contributed by atoms with E-state index >= 15 is 0 Å². The molecular weight excluding hydrogens is 168 g/mol. The van der Waals surface area contributed by atoms with Crippen molar-refractivity contribution in [3.8, 4) is 0 Å². The largest absolute Gasteiger partial charge is 0.425 e. The quantitative estimate of drug-likeness (QED) is 0.525. The lowest BCUT2D eigenvalue weighted by Crippen LogP contribution is -2.00. The Labute approximate surface area is 58.1 Å². The molecule has 0 saturated heterocycles. The topological polar surface area (TPSA) is 0 Å². The lowest BCUT2D eigenvalue weighted by Gasteiger charge is -1.99. The fourth-order valence-corrected chi connectivity index (χ4v) is 1.06. The van der Waals surface area contributed by atoms with E-state index < -0.39 is 16.2 Å². The van der Waals surface area contributed by atoms with Crippen LogP contribution in [-0.4, -0.2) is 0 Å². The third kappa shape index (κ3) is 1.47. The molecule has 0 aliphatic heterocycles. The third-order valence-electron chi connectivity index (χ3n) is 0.853. The zero-order valence-electron chi connectivity index (χ0n) is 4.57. The van der Waals surface area contributed by atoms with Gasteiger partial charge in [-0.25, -0.2) is 0 Å². The number of halogens is 4. The number of rotatable bonds is 0. The SMILES string of the molecule is Fc1ccc(C(F)(F)F)s1. The maximum atomic E-state index is 12.0. The Kier molecular flexibility index (Phi) is 1.68. The fraction of sp³-hybridized carbons (Fsp3) is 0.200. The summed E-state index contributed by atoms with van der Waals surface area (Å²) in [6.45, 7) is 0. The Balaban J connectivity index is 2.96. The van der Waals surface area contributed by atoms with Gasteiger partial charge in [0.25, 0.3) is 0 Å². The van der Waals surface area contributed by atoms with E-state index in [1.54, 1.807) is 0 Å². The molecule has 0 bridgehead atoms. The molecule has 5 heteroatoms. The van der Waals surface area contributed by atoms with Crippen LogP contribution < -0.4 is 0 Å². The summed E-state index contributed by atoms with van der Waals surface area (Å²) in [4.78, 5) is -0.898. The highest BCUT2D eigenvalue weighted by Gasteiger charge is 2.32. The van der Waals surface area contributed by atoms with Gasteiger partial charge in [-0.2, -0.15) is 17.6 Å². The smallest absolute Gasteiger partial charge is 0.195 e. The summed E-state index contributed by atoms with van der Waals surface area (Å²) >= 11 is 0.103. The van der Waals surface area contributed by atoms with Gasteiger partial charge in [0.1, 0.15) is 4.88 Å². The van der Waals surface area contributed by atoms with Gasteiger partial charge in [-0.05, 0) is 12.1 Å². The van der Waals surface area contributed by atoms with Crippen molar-refractivity contribution in [2.75, 3.05) is 0 Å². The third-order valence-corrected chi connectivity index (χ3v) is 1.77. The first-order valence-corrected chi connectivity index (χ1v) is 3.14. The molecule has 1 aromatic rings. The molecule has 0 saturated carbocycles. The number of alkyl halides is 3. The van der Waals surface area contributed by atoms with Gasteiger partial charge in [0, 0.05) is 0 Å². The molecule has 0 N–H and O–H groups in total. The van der Waals surface area contributed by atoms with E-state index in [4.69, 9.17) is 0 Å². The molecule has 0 unspecified atom stereocenters. The summed E-state index contributed by atoms with van der Waals surface area (Å²) < 4.78 is 46.9. The van der Waals surface area contributed by atoms with Crippen LogP contribution in [0, 0.1) is 5.13 Å². The lowest BCUT2D eigenvalue weighted by molar-refractivity contribution is -0.134. The van der Waals surface area contributed by atoms with Crippen LogP contribution in [0.4, 0.5) is 17.6 Å². The summed E-state index contributed by atoms with van der Waals surface area (Å²) in [5, 5.41) is -0.813. The van der Waals surface area contributed by atoms with Crippen molar-refractivity contribution in [2.45, 2.75) is 6.18 Å². The first-order valence-electron chi connectivity index (χ1n) is 2.32. The van der Waals surface area contributed by atoms with Crippen LogP contribution in [0.1, 0.15) is 4.88 Å². The molecule has 1 aromatic heterocycles. The van der Waals surface area contributed by atoms with Gasteiger partial charge in [0.05, 0.1) is 0 Å². The fourth-order valence-electron chi connectivity index (χ4n) is 0.467. The van der Waals surface area contributed by atoms with E-state index in [0.717, 1.165) is 12.1 Å². The molecule has 0 radical (unpaired) electrons. The molecule has 10 heavy (non-hydrogen) atoms. The molecule has 1 heterocycles. The van der Waals surface area contributed by atoms with Gasteiger partial charge in [0.15, 0.2) is 5.13 Å². The highest BCUT2D eigenvalue weighted by Crippen LogP contribution is 2.33. The summed E-state index contributed by atoms with van der Waals surface area (Å²) in [6.07, 6.45) is -4.41. The van der Waals surface area contributed by atoms with Crippen LogP contribution in [0.15, 0.2) is 12.1 Å². The van der Waals surface area contributed by atoms with Crippen molar-refractivity contribution in [1.82, 2.24) is 0 Å². The highest BCUT2D eigenvalue weighted by molar-refractivity contribution is 7.10. The summed E-state index contributed by atoms with van der Waals surface area (Å²) in [7, 11) is 0. The Hall–Kier alpha value is -0.580. The van der Waals surface area contributed by atoms with Crippen LogP contribution in [0.2, 0.25) is 0 Å². The van der Waals surface area contributed by atoms with E-state index in [1.807, 2.05) is 0 Å². The van der Waals surface area contributed by atoms with Gasteiger partial charge < -0.3 is 0 Å². The monoisotopic (exact) mass is 170 g/mol. The van der Waals surface area contributed by atoms with E-state index in [9.17, 15) is 17.6 Å². The van der Waals surface area contributed by atoms with Crippen LogP contribution >= 0.6 is 11.3 Å². The molecule has 0 aromatic carbocycles. The van der Waals surface area contributed by atoms with E-state index in [1.165, 1.54) is 0 Å². The molecule has 0 fully saturated rings. The Bertz CT molecular complexity index is 224. The second-order valence-corrected chi connectivity index (χ2v) is 2.64. The second-order valence-electron chi connectivity index (χ2n) is 1.60. The van der Waals surface area contributed by atoms with Crippen molar-refractivity contribution in [1.29, 1.82) is 0 Å². The zero-order valence-corrected chi connectivity index (χ0v) is 5.39. The van der Waals surface area contributed by atoms with E-state index in [2.05, 4.69) is 0 Å². The minimum atomic E-state index is -4.41. The van der Waals surface area contributed by atoms with Gasteiger partial charge in [-0.15, -0.1) is 11.3 Å². The normalized spacial score (nSPS) is 12.0. The average molecular weight is 170 g/mol. The Morgan fingerprint density at radius 2 is 1.80 bits per heavy atom. The summed E-state index contributed by atoms with van der Waals surface area (Å²) in [6, 6.07) is 1.52. The number of thiophene rings is 1. The minimum absolute atomic E-state index is 0.103. The predicted octanol–water partition coefficient (Wildman–Crippen LogP) is 2.91. The van der Waals surface area contributed by atoms with Gasteiger partial charge in [-0.3, -0.25) is 0 Å². The lowest BCUT2D eigenvalue weighted by atomic mass is 10.5. The van der Waals surface area contributed by atoms with Crippen molar-refractivity contribution in [3.63, 3.8) is 0 Å². The minimum Gasteiger partial charge on any atom is -0.195 e. The van der Waals surface area contributed by atoms with Crippen LogP contribution in [0.5, 0.6) is 0 Å². The predicted molar refractivity (Wildman–Crippen MR) is 29.3 cm³/mol. The maximum Gasteiger partial charge on any atom is 0.425 e. The summed E-state index contributed by atoms with van der Waals surface area (Å²) in [5.74, 6) is 0. The van der Waals surface area contributed by atoms with Crippen molar-refractivity contribution in [2.24, 2.45) is 0 Å². The van der Waals surface area contributed by atoms with E-state index in [0.29, 0.717) is 0 Å². The first kappa shape index (κ1) is 7.53. The van der Waals surface area contributed by atoms with Crippen molar-refractivity contribution >= 4 is 11.3 Å². The Morgan fingerprint density at radius 3 is 2.00 bits per heavy atom. The molecule has 1 rings (SSSR count). The van der Waals surface area contributed by atoms with Gasteiger partial charge in [-0.1, -0.05) is 0 Å². The molecule has 0 amide bonds. The molecule has 0 spiro atoms. The summed E-state index contributed by atoms with van der Waals surface area (Å²) in [5.41, 5.74) is 0. The van der Waals surface area contributed by atoms with Gasteiger partial charge >= 0.3 is 6.18 Å². The standard InChI is InChI=1S/C5H2F4S/c6-4-2-1-3(10-4)5(7,8)9/h1-2H. The zero-order chi connectivity index (χ0) is 7.78. The second kappa shape index (κ2) is 2.23. The highest BCUT2D eigenvalue weighted by atomic mass is 32.1. The van der Waals surface area contributed by atoms with E-state index in [-0.39, 0.29) is 11.3 Å². The van der Waals surface area contributed by atoms with Crippen LogP contribution in [0.3, 0.4) is 0 Å². The molecule has 56 valence electrons. The number of hydrogen-bond acceptors (Lipinski definition) is 1. The molecule has 0 nitrogen and oxygen atoms in total. The molecule has 0 aliphatic carbocycles.